The average Bonchev–Trinajstić information content (AvgIpc) is 2.84. The minimum absolute atomic E-state index is 0.159. The molecule has 2 aromatic rings. The van der Waals surface area contributed by atoms with Crippen LogP contribution in [0.4, 0.5) is 0 Å². The summed E-state index contributed by atoms with van der Waals surface area (Å²) in [7, 11) is 1.67. The second kappa shape index (κ2) is 6.68. The molecule has 0 aliphatic carbocycles. The van der Waals surface area contributed by atoms with Gasteiger partial charge in [0, 0.05) is 35.0 Å². The van der Waals surface area contributed by atoms with Crippen molar-refractivity contribution >= 4 is 39.3 Å². The first-order valence-electron chi connectivity index (χ1n) is 8.15. The number of carbonyl (C=O) groups excluding carboxylic acids is 2. The van der Waals surface area contributed by atoms with Crippen molar-refractivity contribution in [1.82, 2.24) is 9.88 Å². The van der Waals surface area contributed by atoms with Crippen LogP contribution in [0.1, 0.15) is 42.3 Å². The van der Waals surface area contributed by atoms with Gasteiger partial charge in [-0.05, 0) is 32.9 Å². The molecule has 5 nitrogen and oxygen atoms in total. The van der Waals surface area contributed by atoms with Crippen molar-refractivity contribution in [2.45, 2.75) is 20.8 Å². The van der Waals surface area contributed by atoms with E-state index >= 15 is 0 Å². The van der Waals surface area contributed by atoms with E-state index in [0.717, 1.165) is 4.47 Å². The molecule has 0 radical (unpaired) electrons. The molecule has 2 heterocycles. The fraction of sp³-hybridized carbons (Fsp3) is 0.250. The molecule has 0 unspecified atom stereocenters. The van der Waals surface area contributed by atoms with Gasteiger partial charge >= 0.3 is 5.97 Å². The molecule has 26 heavy (non-hydrogen) atoms. The van der Waals surface area contributed by atoms with E-state index in [1.165, 1.54) is 4.90 Å². The van der Waals surface area contributed by atoms with Crippen molar-refractivity contribution in [1.29, 1.82) is 0 Å². The molecule has 1 aromatic carbocycles. The standard InChI is InChI=1S/C20H19BrN2O3/c1-20(2,3)19(25)26-17(13-7-5-6-8-15(13)21)16-14-11-22-10-9-12(14)18(24)23(16)4/h5-11H,1-4H3/b17-16+. The highest BCUT2D eigenvalue weighted by Crippen LogP contribution is 2.39. The Balaban J connectivity index is 2.27. The summed E-state index contributed by atoms with van der Waals surface area (Å²) in [5, 5.41) is 0. The molecular formula is C20H19BrN2O3. The molecule has 1 aliphatic rings. The Morgan fingerprint density at radius 1 is 1.15 bits per heavy atom. The van der Waals surface area contributed by atoms with Crippen molar-refractivity contribution in [2.24, 2.45) is 5.41 Å². The van der Waals surface area contributed by atoms with E-state index in [0.29, 0.717) is 28.1 Å². The minimum atomic E-state index is -0.688. The lowest BCUT2D eigenvalue weighted by Gasteiger charge is -2.22. The van der Waals surface area contributed by atoms with Crippen molar-refractivity contribution in [2.75, 3.05) is 7.05 Å². The Morgan fingerprint density at radius 2 is 1.85 bits per heavy atom. The predicted molar refractivity (Wildman–Crippen MR) is 103 cm³/mol. The van der Waals surface area contributed by atoms with Gasteiger partial charge in [0.25, 0.3) is 5.91 Å². The smallest absolute Gasteiger partial charge is 0.316 e. The first-order chi connectivity index (χ1) is 12.2. The molecule has 1 amide bonds. The number of pyridine rings is 1. The van der Waals surface area contributed by atoms with Gasteiger partial charge < -0.3 is 9.64 Å². The highest BCUT2D eigenvalue weighted by Gasteiger charge is 2.35. The SMILES string of the molecule is CN1C(=O)c2ccncc2/C1=C(\OC(=O)C(C)(C)C)c1ccccc1Br. The van der Waals surface area contributed by atoms with Crippen LogP contribution in [0.25, 0.3) is 11.5 Å². The van der Waals surface area contributed by atoms with Crippen LogP contribution in [0.2, 0.25) is 0 Å². The number of rotatable bonds is 2. The molecule has 0 saturated heterocycles. The number of halogens is 1. The normalized spacial score (nSPS) is 15.7. The molecule has 134 valence electrons. The Labute approximate surface area is 160 Å². The van der Waals surface area contributed by atoms with Crippen molar-refractivity contribution in [3.63, 3.8) is 0 Å². The number of benzene rings is 1. The molecule has 0 N–H and O–H groups in total. The Kier molecular flexibility index (Phi) is 4.71. The number of ether oxygens (including phenoxy) is 1. The summed E-state index contributed by atoms with van der Waals surface area (Å²) in [6.45, 7) is 5.37. The van der Waals surface area contributed by atoms with Gasteiger partial charge in [-0.25, -0.2) is 0 Å². The molecule has 0 spiro atoms. The van der Waals surface area contributed by atoms with Gasteiger partial charge in [-0.15, -0.1) is 0 Å². The van der Waals surface area contributed by atoms with E-state index < -0.39 is 5.41 Å². The number of aromatic nitrogens is 1. The highest BCUT2D eigenvalue weighted by molar-refractivity contribution is 9.10. The Bertz CT molecular complexity index is 929. The molecule has 1 aliphatic heterocycles. The van der Waals surface area contributed by atoms with Gasteiger partial charge in [0.2, 0.25) is 0 Å². The second-order valence-corrected chi connectivity index (χ2v) is 7.94. The van der Waals surface area contributed by atoms with E-state index in [9.17, 15) is 9.59 Å². The summed E-state index contributed by atoms with van der Waals surface area (Å²) in [6, 6.07) is 9.11. The number of nitrogens with zero attached hydrogens (tertiary/aromatic N) is 2. The summed E-state index contributed by atoms with van der Waals surface area (Å²) < 4.78 is 6.60. The van der Waals surface area contributed by atoms with Crippen LogP contribution < -0.4 is 0 Å². The predicted octanol–water partition coefficient (Wildman–Crippen LogP) is 4.34. The van der Waals surface area contributed by atoms with Gasteiger partial charge in [0.05, 0.1) is 16.7 Å². The summed E-state index contributed by atoms with van der Waals surface area (Å²) in [5.74, 6) is -0.206. The number of esters is 1. The molecular weight excluding hydrogens is 396 g/mol. The monoisotopic (exact) mass is 414 g/mol. The molecule has 1 aromatic heterocycles. The van der Waals surface area contributed by atoms with E-state index in [2.05, 4.69) is 20.9 Å². The second-order valence-electron chi connectivity index (χ2n) is 7.08. The lowest BCUT2D eigenvalue weighted by atomic mass is 9.97. The third-order valence-corrected chi connectivity index (χ3v) is 4.78. The molecule has 0 saturated carbocycles. The number of hydrogen-bond acceptors (Lipinski definition) is 4. The van der Waals surface area contributed by atoms with Crippen LogP contribution in [0.15, 0.2) is 47.2 Å². The van der Waals surface area contributed by atoms with Gasteiger partial charge in [-0.3, -0.25) is 14.6 Å². The number of carbonyl (C=O) groups is 2. The maximum absolute atomic E-state index is 12.6. The lowest BCUT2D eigenvalue weighted by Crippen LogP contribution is -2.24. The van der Waals surface area contributed by atoms with Crippen molar-refractivity contribution in [3.8, 4) is 0 Å². The maximum Gasteiger partial charge on any atom is 0.316 e. The van der Waals surface area contributed by atoms with Crippen molar-refractivity contribution in [3.05, 3.63) is 63.9 Å². The third-order valence-electron chi connectivity index (χ3n) is 4.09. The molecule has 0 bridgehead atoms. The van der Waals surface area contributed by atoms with Gasteiger partial charge in [-0.1, -0.05) is 34.1 Å². The zero-order valence-electron chi connectivity index (χ0n) is 15.0. The zero-order chi connectivity index (χ0) is 19.1. The fourth-order valence-corrected chi connectivity index (χ4v) is 3.09. The van der Waals surface area contributed by atoms with Crippen molar-refractivity contribution < 1.29 is 14.3 Å². The summed E-state index contributed by atoms with van der Waals surface area (Å²) in [4.78, 5) is 30.9. The van der Waals surface area contributed by atoms with Crippen LogP contribution in [0.3, 0.4) is 0 Å². The van der Waals surface area contributed by atoms with Gasteiger partial charge in [0.1, 0.15) is 0 Å². The number of hydrogen-bond donors (Lipinski definition) is 0. The van der Waals surface area contributed by atoms with Gasteiger partial charge in [0.15, 0.2) is 5.76 Å². The van der Waals surface area contributed by atoms with Crippen LogP contribution in [-0.4, -0.2) is 28.8 Å². The fourth-order valence-electron chi connectivity index (χ4n) is 2.63. The zero-order valence-corrected chi connectivity index (χ0v) is 16.6. The summed E-state index contributed by atoms with van der Waals surface area (Å²) in [5.41, 5.74) is 1.71. The first kappa shape index (κ1) is 18.3. The van der Waals surface area contributed by atoms with Crippen LogP contribution >= 0.6 is 15.9 Å². The number of fused-ring (bicyclic) bond motifs is 1. The maximum atomic E-state index is 12.6. The number of amides is 1. The topological polar surface area (TPSA) is 59.5 Å². The lowest BCUT2D eigenvalue weighted by molar-refractivity contribution is -0.145. The molecule has 0 fully saturated rings. The van der Waals surface area contributed by atoms with Crippen LogP contribution in [0, 0.1) is 5.41 Å². The Morgan fingerprint density at radius 3 is 2.50 bits per heavy atom. The van der Waals surface area contributed by atoms with E-state index in [1.807, 2.05) is 24.3 Å². The largest absolute Gasteiger partial charge is 0.423 e. The molecule has 0 atom stereocenters. The van der Waals surface area contributed by atoms with E-state index in [-0.39, 0.29) is 11.9 Å². The van der Waals surface area contributed by atoms with Crippen LogP contribution in [0.5, 0.6) is 0 Å². The Hall–Kier alpha value is -2.47. The first-order valence-corrected chi connectivity index (χ1v) is 8.95. The minimum Gasteiger partial charge on any atom is -0.423 e. The van der Waals surface area contributed by atoms with E-state index in [1.54, 1.807) is 46.3 Å². The quantitative estimate of drug-likeness (QED) is 0.541. The van der Waals surface area contributed by atoms with Gasteiger partial charge in [-0.2, -0.15) is 0 Å². The summed E-state index contributed by atoms with van der Waals surface area (Å²) in [6.07, 6.45) is 3.20. The average molecular weight is 415 g/mol. The van der Waals surface area contributed by atoms with Crippen LogP contribution in [-0.2, 0) is 9.53 Å². The molecule has 3 rings (SSSR count). The summed E-state index contributed by atoms with van der Waals surface area (Å²) >= 11 is 3.51. The highest BCUT2D eigenvalue weighted by atomic mass is 79.9. The molecule has 6 heteroatoms. The third kappa shape index (κ3) is 3.17. The van der Waals surface area contributed by atoms with E-state index in [4.69, 9.17) is 4.74 Å².